The fourth-order valence-corrected chi connectivity index (χ4v) is 3.67. The molecule has 0 aromatic heterocycles. The Bertz CT molecular complexity index is 656. The predicted molar refractivity (Wildman–Crippen MR) is 76.8 cm³/mol. The number of esters is 1. The molecule has 116 valence electrons. The molecule has 0 bridgehead atoms. The first-order valence-corrected chi connectivity index (χ1v) is 8.81. The van der Waals surface area contributed by atoms with Crippen LogP contribution in [0.2, 0.25) is 0 Å². The highest BCUT2D eigenvalue weighted by Crippen LogP contribution is 2.52. The second kappa shape index (κ2) is 5.94. The molecule has 1 aliphatic carbocycles. The van der Waals surface area contributed by atoms with Crippen molar-refractivity contribution in [1.82, 2.24) is 0 Å². The molecule has 0 spiro atoms. The van der Waals surface area contributed by atoms with Gasteiger partial charge in [-0.25, -0.2) is 17.9 Å². The molecule has 0 amide bonds. The maximum atomic E-state index is 13.9. The molecule has 1 saturated carbocycles. The monoisotopic (exact) mass is 333 g/mol. The smallest absolute Gasteiger partial charge is 0.306 e. The summed E-state index contributed by atoms with van der Waals surface area (Å²) >= 11 is 1.27. The second-order valence-corrected chi connectivity index (χ2v) is 7.76. The van der Waals surface area contributed by atoms with Crippen molar-refractivity contribution in [1.29, 1.82) is 0 Å². The zero-order valence-corrected chi connectivity index (χ0v) is 13.1. The highest BCUT2D eigenvalue weighted by molar-refractivity contribution is 7.99. The van der Waals surface area contributed by atoms with Gasteiger partial charge in [0.25, 0.3) is 0 Å². The van der Waals surface area contributed by atoms with Gasteiger partial charge in [0.2, 0.25) is 10.0 Å². The van der Waals surface area contributed by atoms with Gasteiger partial charge in [-0.05, 0) is 36.5 Å². The first-order valence-electron chi connectivity index (χ1n) is 6.28. The van der Waals surface area contributed by atoms with Crippen LogP contribution in [0.15, 0.2) is 28.0 Å². The van der Waals surface area contributed by atoms with Crippen LogP contribution in [0.4, 0.5) is 4.39 Å². The van der Waals surface area contributed by atoms with E-state index in [1.54, 1.807) is 0 Å². The van der Waals surface area contributed by atoms with Crippen LogP contribution < -0.4 is 5.14 Å². The summed E-state index contributed by atoms with van der Waals surface area (Å²) in [5, 5.41) is 4.95. The number of ether oxygens (including phenoxy) is 1. The van der Waals surface area contributed by atoms with E-state index in [4.69, 9.17) is 5.14 Å². The van der Waals surface area contributed by atoms with Gasteiger partial charge in [-0.1, -0.05) is 0 Å². The van der Waals surface area contributed by atoms with E-state index in [2.05, 4.69) is 4.74 Å². The molecule has 1 aromatic carbocycles. The van der Waals surface area contributed by atoms with Gasteiger partial charge in [0.1, 0.15) is 5.82 Å². The predicted octanol–water partition coefficient (Wildman–Crippen LogP) is 1.91. The minimum atomic E-state index is -3.90. The second-order valence-electron chi connectivity index (χ2n) is 5.18. The summed E-state index contributed by atoms with van der Waals surface area (Å²) in [4.78, 5) is 11.4. The van der Waals surface area contributed by atoms with Gasteiger partial charge < -0.3 is 4.74 Å². The summed E-state index contributed by atoms with van der Waals surface area (Å²) in [6.07, 6.45) is 2.14. The maximum Gasteiger partial charge on any atom is 0.306 e. The van der Waals surface area contributed by atoms with Crippen LogP contribution in [0.5, 0.6) is 0 Å². The fourth-order valence-electron chi connectivity index (χ4n) is 1.93. The van der Waals surface area contributed by atoms with Crippen molar-refractivity contribution in [2.45, 2.75) is 29.1 Å². The van der Waals surface area contributed by atoms with Crippen LogP contribution in [0, 0.1) is 11.2 Å². The van der Waals surface area contributed by atoms with E-state index in [0.717, 1.165) is 18.9 Å². The lowest BCUT2D eigenvalue weighted by Gasteiger charge is -2.13. The number of benzene rings is 1. The lowest BCUT2D eigenvalue weighted by atomic mass is 10.1. The summed E-state index contributed by atoms with van der Waals surface area (Å²) in [7, 11) is -2.56. The minimum Gasteiger partial charge on any atom is -0.469 e. The Morgan fingerprint density at radius 1 is 1.48 bits per heavy atom. The number of methoxy groups -OCH3 is 1. The normalized spacial score (nSPS) is 16.5. The standard InChI is InChI=1S/C13H16FNO4S2/c1-19-12(16)7-13(4-5-13)8-20-11-3-2-9(6-10(11)14)21(15,17)18/h2-3,6H,4-5,7-8H2,1H3,(H2,15,17,18). The van der Waals surface area contributed by atoms with E-state index in [1.807, 2.05) is 0 Å². The van der Waals surface area contributed by atoms with E-state index in [0.29, 0.717) is 17.1 Å². The zero-order chi connectivity index (χ0) is 15.7. The molecular formula is C13H16FNO4S2. The Morgan fingerprint density at radius 3 is 2.62 bits per heavy atom. The third kappa shape index (κ3) is 4.18. The molecule has 2 N–H and O–H groups in total. The third-order valence-electron chi connectivity index (χ3n) is 3.47. The minimum absolute atomic E-state index is 0.122. The van der Waals surface area contributed by atoms with Crippen molar-refractivity contribution in [3.05, 3.63) is 24.0 Å². The summed E-state index contributed by atoms with van der Waals surface area (Å²) in [5.74, 6) is -0.299. The van der Waals surface area contributed by atoms with Gasteiger partial charge in [-0.15, -0.1) is 11.8 Å². The van der Waals surface area contributed by atoms with Crippen LogP contribution in [-0.2, 0) is 19.6 Å². The SMILES string of the molecule is COC(=O)CC1(CSc2ccc(S(N)(=O)=O)cc2F)CC1. The summed E-state index contributed by atoms with van der Waals surface area (Å²) in [6, 6.07) is 3.59. The number of sulfonamides is 1. The van der Waals surface area contributed by atoms with Crippen molar-refractivity contribution in [2.75, 3.05) is 12.9 Å². The Kier molecular flexibility index (Phi) is 4.60. The van der Waals surface area contributed by atoms with Gasteiger partial charge in [-0.2, -0.15) is 0 Å². The number of nitrogens with two attached hydrogens (primary N) is 1. The lowest BCUT2D eigenvalue weighted by Crippen LogP contribution is -2.13. The topological polar surface area (TPSA) is 86.5 Å². The van der Waals surface area contributed by atoms with E-state index < -0.39 is 15.8 Å². The molecule has 5 nitrogen and oxygen atoms in total. The number of hydrogen-bond acceptors (Lipinski definition) is 5. The van der Waals surface area contributed by atoms with Gasteiger partial charge in [0.05, 0.1) is 18.4 Å². The molecule has 8 heteroatoms. The number of rotatable bonds is 6. The van der Waals surface area contributed by atoms with Crippen molar-refractivity contribution in [3.8, 4) is 0 Å². The van der Waals surface area contributed by atoms with Crippen LogP contribution in [-0.4, -0.2) is 27.2 Å². The summed E-state index contributed by atoms with van der Waals surface area (Å²) < 4.78 is 40.8. The maximum absolute atomic E-state index is 13.9. The molecule has 0 radical (unpaired) electrons. The van der Waals surface area contributed by atoms with Gasteiger partial charge in [0, 0.05) is 10.6 Å². The molecule has 1 fully saturated rings. The molecule has 1 aliphatic rings. The average molecular weight is 333 g/mol. The van der Waals surface area contributed by atoms with Crippen LogP contribution in [0.25, 0.3) is 0 Å². The first-order chi connectivity index (χ1) is 9.76. The molecule has 0 saturated heterocycles. The summed E-state index contributed by atoms with van der Waals surface area (Å²) in [5.41, 5.74) is -0.122. The van der Waals surface area contributed by atoms with E-state index >= 15 is 0 Å². The van der Waals surface area contributed by atoms with Gasteiger partial charge in [-0.3, -0.25) is 4.79 Å². The zero-order valence-electron chi connectivity index (χ0n) is 11.5. The number of carbonyl (C=O) groups excluding carboxylic acids is 1. The number of halogens is 1. The van der Waals surface area contributed by atoms with E-state index in [1.165, 1.54) is 31.0 Å². The lowest BCUT2D eigenvalue weighted by molar-refractivity contribution is -0.141. The number of thioether (sulfide) groups is 1. The number of hydrogen-bond donors (Lipinski definition) is 1. The summed E-state index contributed by atoms with van der Waals surface area (Å²) in [6.45, 7) is 0. The molecule has 0 unspecified atom stereocenters. The van der Waals surface area contributed by atoms with Gasteiger partial charge in [0.15, 0.2) is 0 Å². The third-order valence-corrected chi connectivity index (χ3v) is 5.78. The quantitative estimate of drug-likeness (QED) is 0.635. The molecule has 0 aliphatic heterocycles. The largest absolute Gasteiger partial charge is 0.469 e. The fraction of sp³-hybridized carbons (Fsp3) is 0.462. The van der Waals surface area contributed by atoms with E-state index in [-0.39, 0.29) is 16.3 Å². The van der Waals surface area contributed by atoms with Crippen LogP contribution in [0.1, 0.15) is 19.3 Å². The van der Waals surface area contributed by atoms with Crippen molar-refractivity contribution in [3.63, 3.8) is 0 Å². The highest BCUT2D eigenvalue weighted by atomic mass is 32.2. The highest BCUT2D eigenvalue weighted by Gasteiger charge is 2.44. The Balaban J connectivity index is 2.03. The average Bonchev–Trinajstić information content (AvgIpc) is 3.16. The molecule has 2 rings (SSSR count). The molecule has 21 heavy (non-hydrogen) atoms. The van der Waals surface area contributed by atoms with Crippen LogP contribution >= 0.6 is 11.8 Å². The van der Waals surface area contributed by atoms with Crippen LogP contribution in [0.3, 0.4) is 0 Å². The van der Waals surface area contributed by atoms with Crippen molar-refractivity contribution >= 4 is 27.8 Å². The van der Waals surface area contributed by atoms with E-state index in [9.17, 15) is 17.6 Å². The molecule has 1 aromatic rings. The number of carbonyl (C=O) groups is 1. The Morgan fingerprint density at radius 2 is 2.14 bits per heavy atom. The molecule has 0 heterocycles. The van der Waals surface area contributed by atoms with Crippen molar-refractivity contribution < 1.29 is 22.3 Å². The number of primary sulfonamides is 1. The first kappa shape index (κ1) is 16.3. The van der Waals surface area contributed by atoms with Gasteiger partial charge >= 0.3 is 5.97 Å². The Labute approximate surface area is 127 Å². The Hall–Kier alpha value is -1.12. The molecular weight excluding hydrogens is 317 g/mol. The molecule has 0 atom stereocenters. The van der Waals surface area contributed by atoms with Crippen molar-refractivity contribution in [2.24, 2.45) is 10.6 Å².